The van der Waals surface area contributed by atoms with Gasteiger partial charge in [0.15, 0.2) is 0 Å². The van der Waals surface area contributed by atoms with Crippen molar-refractivity contribution in [1.82, 2.24) is 9.62 Å². The molecule has 24 heavy (non-hydrogen) atoms. The SMILES string of the molecule is Cc1ccc(C(=O)O)cc1S(=O)(=O)NCC(c1ccco1)N(C)C. The molecule has 0 amide bonds. The third-order valence-corrected chi connectivity index (χ3v) is 5.25. The van der Waals surface area contributed by atoms with Crippen LogP contribution >= 0.6 is 0 Å². The Balaban J connectivity index is 2.25. The number of carboxylic acids is 1. The number of carboxylic acid groups (broad SMARTS) is 1. The Morgan fingerprint density at radius 2 is 2.04 bits per heavy atom. The minimum Gasteiger partial charge on any atom is -0.478 e. The zero-order valence-electron chi connectivity index (χ0n) is 13.7. The first-order chi connectivity index (χ1) is 11.2. The van der Waals surface area contributed by atoms with E-state index in [0.717, 1.165) is 6.07 Å². The Bertz CT molecular complexity index is 813. The van der Waals surface area contributed by atoms with Crippen molar-refractivity contribution < 1.29 is 22.7 Å². The van der Waals surface area contributed by atoms with Gasteiger partial charge in [-0.25, -0.2) is 17.9 Å². The van der Waals surface area contributed by atoms with E-state index in [4.69, 9.17) is 9.52 Å². The molecule has 8 heteroatoms. The van der Waals surface area contributed by atoms with E-state index in [-0.39, 0.29) is 23.0 Å². The number of aryl methyl sites for hydroxylation is 1. The summed E-state index contributed by atoms with van der Waals surface area (Å²) in [7, 11) is -0.214. The molecule has 1 unspecified atom stereocenters. The Labute approximate surface area is 140 Å². The molecule has 1 aromatic heterocycles. The fraction of sp³-hybridized carbons (Fsp3) is 0.312. The van der Waals surface area contributed by atoms with Crippen molar-refractivity contribution >= 4 is 16.0 Å². The molecule has 1 aromatic carbocycles. The summed E-state index contributed by atoms with van der Waals surface area (Å²) in [5, 5.41) is 9.05. The molecule has 0 spiro atoms. The summed E-state index contributed by atoms with van der Waals surface area (Å²) in [6.45, 7) is 1.72. The summed E-state index contributed by atoms with van der Waals surface area (Å²) >= 11 is 0. The molecule has 2 N–H and O–H groups in total. The summed E-state index contributed by atoms with van der Waals surface area (Å²) in [4.78, 5) is 12.9. The van der Waals surface area contributed by atoms with Crippen molar-refractivity contribution in [3.05, 3.63) is 53.5 Å². The molecule has 0 fully saturated rings. The molecule has 0 aliphatic rings. The van der Waals surface area contributed by atoms with E-state index in [1.807, 2.05) is 19.0 Å². The van der Waals surface area contributed by atoms with Gasteiger partial charge in [0.2, 0.25) is 10.0 Å². The van der Waals surface area contributed by atoms with Crippen LogP contribution in [0.1, 0.15) is 27.7 Å². The van der Waals surface area contributed by atoms with Crippen molar-refractivity contribution in [1.29, 1.82) is 0 Å². The maximum Gasteiger partial charge on any atom is 0.335 e. The molecule has 1 heterocycles. The number of benzene rings is 1. The Hall–Kier alpha value is -2.16. The van der Waals surface area contributed by atoms with Crippen LogP contribution < -0.4 is 4.72 Å². The second kappa shape index (κ2) is 7.16. The lowest BCUT2D eigenvalue weighted by molar-refractivity contribution is 0.0696. The first-order valence-corrected chi connectivity index (χ1v) is 8.74. The second-order valence-corrected chi connectivity index (χ2v) is 7.37. The summed E-state index contributed by atoms with van der Waals surface area (Å²) in [6, 6.07) is 7.25. The van der Waals surface area contributed by atoms with Gasteiger partial charge in [-0.05, 0) is 50.8 Å². The van der Waals surface area contributed by atoms with E-state index in [2.05, 4.69) is 4.72 Å². The van der Waals surface area contributed by atoms with Crippen LogP contribution in [-0.2, 0) is 10.0 Å². The highest BCUT2D eigenvalue weighted by molar-refractivity contribution is 7.89. The molecule has 0 radical (unpaired) electrons. The Morgan fingerprint density at radius 3 is 2.58 bits per heavy atom. The van der Waals surface area contributed by atoms with Crippen molar-refractivity contribution in [3.8, 4) is 0 Å². The van der Waals surface area contributed by atoms with Gasteiger partial charge in [-0.3, -0.25) is 4.90 Å². The largest absolute Gasteiger partial charge is 0.478 e. The average molecular weight is 352 g/mol. The molecule has 0 aliphatic heterocycles. The van der Waals surface area contributed by atoms with Crippen LogP contribution in [0, 0.1) is 6.92 Å². The van der Waals surface area contributed by atoms with Gasteiger partial charge in [-0.1, -0.05) is 6.07 Å². The van der Waals surface area contributed by atoms with E-state index in [0.29, 0.717) is 11.3 Å². The number of furan rings is 1. The molecule has 0 saturated heterocycles. The number of rotatable bonds is 7. The Kier molecular flexibility index (Phi) is 5.43. The number of sulfonamides is 1. The molecule has 7 nitrogen and oxygen atoms in total. The van der Waals surface area contributed by atoms with Gasteiger partial charge in [0, 0.05) is 6.54 Å². The molecule has 2 rings (SSSR count). The van der Waals surface area contributed by atoms with Gasteiger partial charge >= 0.3 is 5.97 Å². The fourth-order valence-electron chi connectivity index (χ4n) is 2.31. The lowest BCUT2D eigenvalue weighted by atomic mass is 10.1. The van der Waals surface area contributed by atoms with Crippen molar-refractivity contribution in [2.45, 2.75) is 17.9 Å². The van der Waals surface area contributed by atoms with Crippen molar-refractivity contribution in [2.75, 3.05) is 20.6 Å². The molecular formula is C16H20N2O5S. The lowest BCUT2D eigenvalue weighted by Gasteiger charge is -2.22. The number of nitrogens with one attached hydrogen (secondary N) is 1. The van der Waals surface area contributed by atoms with E-state index < -0.39 is 16.0 Å². The average Bonchev–Trinajstić information content (AvgIpc) is 3.01. The second-order valence-electron chi connectivity index (χ2n) is 5.63. The zero-order valence-corrected chi connectivity index (χ0v) is 14.5. The quantitative estimate of drug-likeness (QED) is 0.789. The normalized spacial score (nSPS) is 13.2. The van der Waals surface area contributed by atoms with Gasteiger partial charge in [0.1, 0.15) is 5.76 Å². The topological polar surface area (TPSA) is 99.8 Å². The third-order valence-electron chi connectivity index (χ3n) is 3.69. The predicted molar refractivity (Wildman–Crippen MR) is 88.5 cm³/mol. The standard InChI is InChI=1S/C16H20N2O5S/c1-11-6-7-12(16(19)20)9-15(11)24(21,22)17-10-13(18(2)3)14-5-4-8-23-14/h4-9,13,17H,10H2,1-3H3,(H,19,20). The highest BCUT2D eigenvalue weighted by Gasteiger charge is 2.23. The van der Waals surface area contributed by atoms with Gasteiger partial charge in [-0.2, -0.15) is 0 Å². The van der Waals surface area contributed by atoms with Gasteiger partial charge in [0.05, 0.1) is 22.8 Å². The van der Waals surface area contributed by atoms with E-state index in [9.17, 15) is 13.2 Å². The molecular weight excluding hydrogens is 332 g/mol. The number of aromatic carboxylic acids is 1. The van der Waals surface area contributed by atoms with Crippen molar-refractivity contribution in [2.24, 2.45) is 0 Å². The Morgan fingerprint density at radius 1 is 1.33 bits per heavy atom. The molecule has 130 valence electrons. The van der Waals surface area contributed by atoms with Crippen LogP contribution in [0.15, 0.2) is 45.9 Å². The maximum absolute atomic E-state index is 12.6. The zero-order chi connectivity index (χ0) is 17.9. The van der Waals surface area contributed by atoms with Crippen molar-refractivity contribution in [3.63, 3.8) is 0 Å². The molecule has 2 aromatic rings. The predicted octanol–water partition coefficient (Wildman–Crippen LogP) is 1.87. The third kappa shape index (κ3) is 4.02. The number of hydrogen-bond donors (Lipinski definition) is 2. The highest BCUT2D eigenvalue weighted by Crippen LogP contribution is 2.21. The minimum absolute atomic E-state index is 0.0423. The maximum atomic E-state index is 12.6. The van der Waals surface area contributed by atoms with Crippen LogP contribution in [0.5, 0.6) is 0 Å². The highest BCUT2D eigenvalue weighted by atomic mass is 32.2. The molecule has 0 aliphatic carbocycles. The van der Waals surface area contributed by atoms with Crippen LogP contribution in [0.25, 0.3) is 0 Å². The first-order valence-electron chi connectivity index (χ1n) is 7.26. The number of nitrogens with zero attached hydrogens (tertiary/aromatic N) is 1. The summed E-state index contributed by atoms with van der Waals surface area (Å²) < 4.78 is 33.0. The lowest BCUT2D eigenvalue weighted by Crippen LogP contribution is -2.34. The number of carbonyl (C=O) groups is 1. The number of likely N-dealkylation sites (N-methyl/N-ethyl adjacent to an activating group) is 1. The molecule has 0 saturated carbocycles. The van der Waals surface area contributed by atoms with Crippen LogP contribution in [-0.4, -0.2) is 45.0 Å². The summed E-state index contributed by atoms with van der Waals surface area (Å²) in [6.07, 6.45) is 1.53. The van der Waals surface area contributed by atoms with Crippen LogP contribution in [0.4, 0.5) is 0 Å². The summed E-state index contributed by atoms with van der Waals surface area (Å²) in [5.74, 6) is -0.535. The fourth-order valence-corrected chi connectivity index (χ4v) is 3.61. The van der Waals surface area contributed by atoms with Crippen LogP contribution in [0.3, 0.4) is 0 Å². The van der Waals surface area contributed by atoms with E-state index in [1.165, 1.54) is 18.4 Å². The monoisotopic (exact) mass is 352 g/mol. The van der Waals surface area contributed by atoms with Gasteiger partial charge < -0.3 is 9.52 Å². The van der Waals surface area contributed by atoms with Gasteiger partial charge in [0.25, 0.3) is 0 Å². The van der Waals surface area contributed by atoms with E-state index in [1.54, 1.807) is 19.1 Å². The molecule has 1 atom stereocenters. The number of hydrogen-bond acceptors (Lipinski definition) is 5. The summed E-state index contributed by atoms with van der Waals surface area (Å²) in [5.41, 5.74) is 0.406. The van der Waals surface area contributed by atoms with Gasteiger partial charge in [-0.15, -0.1) is 0 Å². The van der Waals surface area contributed by atoms with E-state index >= 15 is 0 Å². The van der Waals surface area contributed by atoms with Crippen LogP contribution in [0.2, 0.25) is 0 Å². The smallest absolute Gasteiger partial charge is 0.335 e. The molecule has 0 bridgehead atoms. The minimum atomic E-state index is -3.85. The first kappa shape index (κ1) is 18.2.